The summed E-state index contributed by atoms with van der Waals surface area (Å²) in [7, 11) is 1.86. The van der Waals surface area contributed by atoms with E-state index >= 15 is 0 Å². The number of aromatic nitrogens is 2. The normalized spacial score (nSPS) is 18.5. The van der Waals surface area contributed by atoms with Gasteiger partial charge in [-0.05, 0) is 25.7 Å². The first-order valence-electron chi connectivity index (χ1n) is 7.32. The minimum Gasteiger partial charge on any atom is -0.481 e. The molecule has 1 fully saturated rings. The Labute approximate surface area is 123 Å². The van der Waals surface area contributed by atoms with E-state index in [1.807, 2.05) is 18.1 Å². The number of aryl methyl sites for hydroxylation is 1. The predicted octanol–water partition coefficient (Wildman–Crippen LogP) is 1.52. The largest absolute Gasteiger partial charge is 0.481 e. The molecule has 0 aromatic carbocycles. The number of piperidine rings is 1. The maximum absolute atomic E-state index is 12.3. The number of nitrogens with zero attached hydrogens (tertiary/aromatic N) is 3. The topological polar surface area (TPSA) is 87.5 Å². The van der Waals surface area contributed by atoms with Crippen LogP contribution in [0.1, 0.15) is 43.7 Å². The van der Waals surface area contributed by atoms with Crippen molar-refractivity contribution in [2.75, 3.05) is 13.1 Å². The van der Waals surface area contributed by atoms with Crippen molar-refractivity contribution in [2.24, 2.45) is 7.05 Å². The monoisotopic (exact) mass is 294 g/mol. The molecule has 0 aliphatic carbocycles. The molecule has 0 bridgehead atoms. The highest BCUT2D eigenvalue weighted by atomic mass is 16.4. The second-order valence-corrected chi connectivity index (χ2v) is 5.38. The molecule has 1 aromatic heterocycles. The average Bonchev–Trinajstić information content (AvgIpc) is 2.89. The summed E-state index contributed by atoms with van der Waals surface area (Å²) in [6.07, 6.45) is 7.32. The first kappa shape index (κ1) is 15.3. The third-order valence-electron chi connectivity index (χ3n) is 3.72. The van der Waals surface area contributed by atoms with E-state index in [0.29, 0.717) is 13.0 Å². The summed E-state index contributed by atoms with van der Waals surface area (Å²) in [5, 5.41) is 15.6. The lowest BCUT2D eigenvalue weighted by Crippen LogP contribution is -2.44. The summed E-state index contributed by atoms with van der Waals surface area (Å²) in [6, 6.07) is -0.0548. The minimum absolute atomic E-state index is 0.0620. The zero-order chi connectivity index (χ0) is 15.2. The second-order valence-electron chi connectivity index (χ2n) is 5.38. The number of carboxylic acids is 1. The van der Waals surface area contributed by atoms with Gasteiger partial charge in [0, 0.05) is 38.3 Å². The molecule has 1 unspecified atom stereocenters. The number of nitrogens with one attached hydrogen (secondary N) is 1. The van der Waals surface area contributed by atoms with Gasteiger partial charge in [0.2, 0.25) is 0 Å². The Morgan fingerprint density at radius 2 is 2.29 bits per heavy atom. The standard InChI is InChI=1S/C14H22N4O3/c1-17-10-11(9-16-17)12-5-2-3-8-18(12)14(21)15-7-4-6-13(19)20/h9-10,12H,2-8H2,1H3,(H,15,21)(H,19,20). The first-order valence-corrected chi connectivity index (χ1v) is 7.32. The molecule has 2 rings (SSSR count). The van der Waals surface area contributed by atoms with Gasteiger partial charge in [0.25, 0.3) is 0 Å². The van der Waals surface area contributed by atoms with Crippen molar-refractivity contribution < 1.29 is 14.7 Å². The number of amides is 2. The van der Waals surface area contributed by atoms with Crippen molar-refractivity contribution in [2.45, 2.75) is 38.1 Å². The van der Waals surface area contributed by atoms with Gasteiger partial charge in [-0.2, -0.15) is 5.10 Å². The number of urea groups is 1. The van der Waals surface area contributed by atoms with Crippen LogP contribution in [0, 0.1) is 0 Å². The summed E-state index contributed by atoms with van der Waals surface area (Å²) in [6.45, 7) is 1.12. The summed E-state index contributed by atoms with van der Waals surface area (Å²) in [5.74, 6) is -0.838. The molecule has 7 nitrogen and oxygen atoms in total. The van der Waals surface area contributed by atoms with Crippen LogP contribution in [0.25, 0.3) is 0 Å². The number of carboxylic acid groups (broad SMARTS) is 1. The fraction of sp³-hybridized carbons (Fsp3) is 0.643. The highest BCUT2D eigenvalue weighted by Crippen LogP contribution is 2.30. The second kappa shape index (κ2) is 7.10. The summed E-state index contributed by atoms with van der Waals surface area (Å²) < 4.78 is 1.74. The number of carbonyl (C=O) groups is 2. The maximum atomic E-state index is 12.3. The van der Waals surface area contributed by atoms with Gasteiger partial charge in [0.05, 0.1) is 12.2 Å². The lowest BCUT2D eigenvalue weighted by molar-refractivity contribution is -0.137. The quantitative estimate of drug-likeness (QED) is 0.806. The van der Waals surface area contributed by atoms with E-state index in [9.17, 15) is 9.59 Å². The van der Waals surface area contributed by atoms with Gasteiger partial charge in [-0.15, -0.1) is 0 Å². The Morgan fingerprint density at radius 1 is 1.48 bits per heavy atom. The third-order valence-corrected chi connectivity index (χ3v) is 3.72. The molecule has 1 aromatic rings. The molecule has 0 radical (unpaired) electrons. The molecule has 2 heterocycles. The number of carbonyl (C=O) groups excluding carboxylic acids is 1. The van der Waals surface area contributed by atoms with E-state index in [1.165, 1.54) is 0 Å². The van der Waals surface area contributed by atoms with Gasteiger partial charge >= 0.3 is 12.0 Å². The van der Waals surface area contributed by atoms with Crippen molar-refractivity contribution in [1.29, 1.82) is 0 Å². The molecule has 0 saturated carbocycles. The molecule has 116 valence electrons. The lowest BCUT2D eigenvalue weighted by Gasteiger charge is -2.35. The van der Waals surface area contributed by atoms with Crippen LogP contribution in [-0.4, -0.2) is 44.9 Å². The van der Waals surface area contributed by atoms with Crippen molar-refractivity contribution in [3.8, 4) is 0 Å². The van der Waals surface area contributed by atoms with Crippen LogP contribution in [-0.2, 0) is 11.8 Å². The number of likely N-dealkylation sites (tertiary alicyclic amines) is 1. The van der Waals surface area contributed by atoms with E-state index in [1.54, 1.807) is 10.9 Å². The Bertz CT molecular complexity index is 500. The van der Waals surface area contributed by atoms with Crippen molar-refractivity contribution in [3.05, 3.63) is 18.0 Å². The van der Waals surface area contributed by atoms with Crippen LogP contribution in [0.5, 0.6) is 0 Å². The molecular formula is C14H22N4O3. The number of rotatable bonds is 5. The van der Waals surface area contributed by atoms with E-state index in [4.69, 9.17) is 5.11 Å². The highest BCUT2D eigenvalue weighted by molar-refractivity contribution is 5.75. The summed E-state index contributed by atoms with van der Waals surface area (Å²) in [5.41, 5.74) is 1.05. The Hall–Kier alpha value is -2.05. The lowest BCUT2D eigenvalue weighted by atomic mass is 9.98. The smallest absolute Gasteiger partial charge is 0.317 e. The van der Waals surface area contributed by atoms with Crippen LogP contribution < -0.4 is 5.32 Å². The Balaban J connectivity index is 1.92. The van der Waals surface area contributed by atoms with Gasteiger partial charge in [0.15, 0.2) is 0 Å². The van der Waals surface area contributed by atoms with Crippen LogP contribution in [0.3, 0.4) is 0 Å². The molecular weight excluding hydrogens is 272 g/mol. The van der Waals surface area contributed by atoms with Gasteiger partial charge < -0.3 is 15.3 Å². The van der Waals surface area contributed by atoms with E-state index in [2.05, 4.69) is 10.4 Å². The number of hydrogen-bond donors (Lipinski definition) is 2. The van der Waals surface area contributed by atoms with Crippen molar-refractivity contribution in [1.82, 2.24) is 20.0 Å². The third kappa shape index (κ3) is 4.21. The van der Waals surface area contributed by atoms with Crippen LogP contribution >= 0.6 is 0 Å². The molecule has 1 saturated heterocycles. The summed E-state index contributed by atoms with van der Waals surface area (Å²) in [4.78, 5) is 24.6. The van der Waals surface area contributed by atoms with Gasteiger partial charge in [-0.25, -0.2) is 4.79 Å². The molecule has 1 aliphatic heterocycles. The number of hydrogen-bond acceptors (Lipinski definition) is 3. The molecule has 1 aliphatic rings. The van der Waals surface area contributed by atoms with Gasteiger partial charge in [0.1, 0.15) is 0 Å². The SMILES string of the molecule is Cn1cc(C2CCCCN2C(=O)NCCCC(=O)O)cn1. The van der Waals surface area contributed by atoms with Crippen molar-refractivity contribution in [3.63, 3.8) is 0 Å². The van der Waals surface area contributed by atoms with E-state index in [-0.39, 0.29) is 18.5 Å². The van der Waals surface area contributed by atoms with Crippen LogP contribution in [0.2, 0.25) is 0 Å². The minimum atomic E-state index is -0.838. The highest BCUT2D eigenvalue weighted by Gasteiger charge is 2.28. The first-order chi connectivity index (χ1) is 10.1. The average molecular weight is 294 g/mol. The molecule has 21 heavy (non-hydrogen) atoms. The van der Waals surface area contributed by atoms with Crippen LogP contribution in [0.15, 0.2) is 12.4 Å². The molecule has 0 spiro atoms. The maximum Gasteiger partial charge on any atom is 0.317 e. The summed E-state index contributed by atoms with van der Waals surface area (Å²) >= 11 is 0. The Morgan fingerprint density at radius 3 is 2.95 bits per heavy atom. The Kier molecular flexibility index (Phi) is 5.19. The van der Waals surface area contributed by atoms with E-state index < -0.39 is 5.97 Å². The zero-order valence-corrected chi connectivity index (χ0v) is 12.3. The van der Waals surface area contributed by atoms with Crippen LogP contribution in [0.4, 0.5) is 4.79 Å². The fourth-order valence-corrected chi connectivity index (χ4v) is 2.67. The molecule has 7 heteroatoms. The van der Waals surface area contributed by atoms with E-state index in [0.717, 1.165) is 31.4 Å². The molecule has 2 N–H and O–H groups in total. The molecule has 1 atom stereocenters. The predicted molar refractivity (Wildman–Crippen MR) is 76.8 cm³/mol. The molecule has 2 amide bonds. The van der Waals surface area contributed by atoms with Gasteiger partial charge in [-0.3, -0.25) is 9.48 Å². The number of aliphatic carboxylic acids is 1. The zero-order valence-electron chi connectivity index (χ0n) is 12.3. The van der Waals surface area contributed by atoms with Gasteiger partial charge in [-0.1, -0.05) is 0 Å². The van der Waals surface area contributed by atoms with Crippen molar-refractivity contribution >= 4 is 12.0 Å². The fourth-order valence-electron chi connectivity index (χ4n) is 2.67.